The molecule has 1 unspecified atom stereocenters. The standard InChI is InChI=1S/C13H13N3O3/c17-12-11(14-6-7-15-12)16-8-10(13(18)19)9-4-2-1-3-5-9/h1-7,10H,8H2,(H,14,16)(H,15,17)(H,18,19). The van der Waals surface area contributed by atoms with Gasteiger partial charge in [-0.25, -0.2) is 4.98 Å². The molecule has 1 heterocycles. The number of aliphatic carboxylic acids is 1. The van der Waals surface area contributed by atoms with Gasteiger partial charge in [-0.2, -0.15) is 0 Å². The van der Waals surface area contributed by atoms with Crippen LogP contribution in [-0.4, -0.2) is 27.6 Å². The average molecular weight is 259 g/mol. The number of benzene rings is 1. The van der Waals surface area contributed by atoms with Gasteiger partial charge in [0.2, 0.25) is 0 Å². The number of carboxylic acids is 1. The van der Waals surface area contributed by atoms with E-state index in [1.807, 2.05) is 6.07 Å². The second-order valence-corrected chi connectivity index (χ2v) is 3.95. The van der Waals surface area contributed by atoms with Crippen molar-refractivity contribution in [1.82, 2.24) is 9.97 Å². The van der Waals surface area contributed by atoms with Gasteiger partial charge in [-0.3, -0.25) is 9.59 Å². The molecule has 0 amide bonds. The molecule has 0 saturated heterocycles. The summed E-state index contributed by atoms with van der Waals surface area (Å²) in [5, 5.41) is 12.0. The normalized spacial score (nSPS) is 11.8. The van der Waals surface area contributed by atoms with E-state index in [2.05, 4.69) is 15.3 Å². The summed E-state index contributed by atoms with van der Waals surface area (Å²) in [6.45, 7) is 0.0967. The molecule has 1 atom stereocenters. The number of carbonyl (C=O) groups is 1. The first-order chi connectivity index (χ1) is 9.18. The second-order valence-electron chi connectivity index (χ2n) is 3.95. The van der Waals surface area contributed by atoms with Crippen molar-refractivity contribution in [2.24, 2.45) is 0 Å². The Morgan fingerprint density at radius 2 is 2.11 bits per heavy atom. The maximum absolute atomic E-state index is 11.4. The lowest BCUT2D eigenvalue weighted by Gasteiger charge is -2.13. The van der Waals surface area contributed by atoms with E-state index in [9.17, 15) is 14.7 Å². The van der Waals surface area contributed by atoms with Crippen LogP contribution < -0.4 is 10.9 Å². The molecular formula is C13H13N3O3. The summed E-state index contributed by atoms with van der Waals surface area (Å²) in [6, 6.07) is 8.85. The van der Waals surface area contributed by atoms with E-state index in [0.717, 1.165) is 0 Å². The molecule has 0 aliphatic rings. The van der Waals surface area contributed by atoms with Crippen LogP contribution in [0.2, 0.25) is 0 Å². The molecule has 0 spiro atoms. The smallest absolute Gasteiger partial charge is 0.312 e. The van der Waals surface area contributed by atoms with E-state index < -0.39 is 11.9 Å². The van der Waals surface area contributed by atoms with E-state index >= 15 is 0 Å². The minimum atomic E-state index is -0.953. The van der Waals surface area contributed by atoms with Crippen LogP contribution >= 0.6 is 0 Å². The van der Waals surface area contributed by atoms with E-state index in [4.69, 9.17) is 0 Å². The summed E-state index contributed by atoms with van der Waals surface area (Å²) in [5.41, 5.74) is 0.301. The van der Waals surface area contributed by atoms with Crippen molar-refractivity contribution in [2.75, 3.05) is 11.9 Å². The molecule has 19 heavy (non-hydrogen) atoms. The number of rotatable bonds is 5. The number of aromatic amines is 1. The molecule has 1 aromatic carbocycles. The van der Waals surface area contributed by atoms with Crippen molar-refractivity contribution in [3.63, 3.8) is 0 Å². The first-order valence-corrected chi connectivity index (χ1v) is 5.74. The minimum Gasteiger partial charge on any atom is -0.481 e. The third-order valence-corrected chi connectivity index (χ3v) is 2.68. The largest absolute Gasteiger partial charge is 0.481 e. The summed E-state index contributed by atoms with van der Waals surface area (Å²) >= 11 is 0. The van der Waals surface area contributed by atoms with Gasteiger partial charge in [0.1, 0.15) is 0 Å². The predicted octanol–water partition coefficient (Wildman–Crippen LogP) is 1.05. The first-order valence-electron chi connectivity index (χ1n) is 5.74. The zero-order valence-electron chi connectivity index (χ0n) is 10.0. The number of H-pyrrole nitrogens is 1. The van der Waals surface area contributed by atoms with Crippen molar-refractivity contribution in [1.29, 1.82) is 0 Å². The fourth-order valence-electron chi connectivity index (χ4n) is 1.71. The molecule has 6 heteroatoms. The zero-order valence-corrected chi connectivity index (χ0v) is 10.0. The summed E-state index contributed by atoms with van der Waals surface area (Å²) in [5.74, 6) is -1.57. The highest BCUT2D eigenvalue weighted by atomic mass is 16.4. The Bertz CT molecular complexity index is 610. The predicted molar refractivity (Wildman–Crippen MR) is 70.2 cm³/mol. The Morgan fingerprint density at radius 3 is 2.74 bits per heavy atom. The third kappa shape index (κ3) is 3.19. The Kier molecular flexibility index (Phi) is 3.92. The highest BCUT2D eigenvalue weighted by molar-refractivity contribution is 5.76. The van der Waals surface area contributed by atoms with Crippen molar-refractivity contribution >= 4 is 11.8 Å². The fourth-order valence-corrected chi connectivity index (χ4v) is 1.71. The molecule has 3 N–H and O–H groups in total. The molecule has 6 nitrogen and oxygen atoms in total. The number of aromatic nitrogens is 2. The highest BCUT2D eigenvalue weighted by Crippen LogP contribution is 2.15. The topological polar surface area (TPSA) is 95.1 Å². The molecule has 0 saturated carbocycles. The monoisotopic (exact) mass is 259 g/mol. The van der Waals surface area contributed by atoms with Crippen LogP contribution in [0.5, 0.6) is 0 Å². The minimum absolute atomic E-state index is 0.0967. The van der Waals surface area contributed by atoms with E-state index in [1.54, 1.807) is 24.3 Å². The van der Waals surface area contributed by atoms with Gasteiger partial charge < -0.3 is 15.4 Å². The third-order valence-electron chi connectivity index (χ3n) is 2.68. The Hall–Kier alpha value is -2.63. The van der Waals surface area contributed by atoms with Gasteiger partial charge in [-0.05, 0) is 5.56 Å². The lowest BCUT2D eigenvalue weighted by Crippen LogP contribution is -2.24. The maximum atomic E-state index is 11.4. The SMILES string of the molecule is O=C(O)C(CNc1ncc[nH]c1=O)c1ccccc1. The second kappa shape index (κ2) is 5.81. The van der Waals surface area contributed by atoms with Crippen LogP contribution in [0.15, 0.2) is 47.5 Å². The van der Waals surface area contributed by atoms with Gasteiger partial charge in [0.25, 0.3) is 5.56 Å². The van der Waals surface area contributed by atoms with Crippen LogP contribution in [0.3, 0.4) is 0 Å². The summed E-state index contributed by atoms with van der Waals surface area (Å²) in [7, 11) is 0. The first kappa shape index (κ1) is 12.8. The Balaban J connectivity index is 2.13. The molecule has 0 aliphatic carbocycles. The number of nitrogens with one attached hydrogen (secondary N) is 2. The van der Waals surface area contributed by atoms with Crippen molar-refractivity contribution in [2.45, 2.75) is 5.92 Å². The van der Waals surface area contributed by atoms with Gasteiger partial charge in [0, 0.05) is 18.9 Å². The number of hydrogen-bond acceptors (Lipinski definition) is 4. The van der Waals surface area contributed by atoms with E-state index in [-0.39, 0.29) is 17.9 Å². The quantitative estimate of drug-likeness (QED) is 0.746. The number of carboxylic acid groups (broad SMARTS) is 1. The van der Waals surface area contributed by atoms with Gasteiger partial charge in [-0.1, -0.05) is 30.3 Å². The van der Waals surface area contributed by atoms with E-state index in [1.165, 1.54) is 12.4 Å². The van der Waals surface area contributed by atoms with Crippen LogP contribution in [0.25, 0.3) is 0 Å². The van der Waals surface area contributed by atoms with Crippen molar-refractivity contribution < 1.29 is 9.90 Å². The van der Waals surface area contributed by atoms with Gasteiger partial charge in [0.15, 0.2) is 5.82 Å². The lowest BCUT2D eigenvalue weighted by atomic mass is 9.99. The Labute approximate surface area is 109 Å². The maximum Gasteiger partial charge on any atom is 0.312 e. The fraction of sp³-hybridized carbons (Fsp3) is 0.154. The number of hydrogen-bond donors (Lipinski definition) is 3. The lowest BCUT2D eigenvalue weighted by molar-refractivity contribution is -0.138. The molecule has 0 fully saturated rings. The van der Waals surface area contributed by atoms with Crippen LogP contribution in [0, 0.1) is 0 Å². The summed E-state index contributed by atoms with van der Waals surface area (Å²) in [4.78, 5) is 29.0. The van der Waals surface area contributed by atoms with Gasteiger partial charge >= 0.3 is 5.97 Å². The highest BCUT2D eigenvalue weighted by Gasteiger charge is 2.19. The summed E-state index contributed by atoms with van der Waals surface area (Å²) in [6.07, 6.45) is 2.85. The average Bonchev–Trinajstić information content (AvgIpc) is 2.42. The van der Waals surface area contributed by atoms with E-state index in [0.29, 0.717) is 5.56 Å². The molecule has 2 rings (SSSR count). The molecule has 0 aliphatic heterocycles. The molecule has 0 radical (unpaired) electrons. The molecule has 1 aromatic heterocycles. The van der Waals surface area contributed by atoms with Gasteiger partial charge in [0.05, 0.1) is 5.92 Å². The molecule has 2 aromatic rings. The molecular weight excluding hydrogens is 246 g/mol. The van der Waals surface area contributed by atoms with Crippen LogP contribution in [0.1, 0.15) is 11.5 Å². The summed E-state index contributed by atoms with van der Waals surface area (Å²) < 4.78 is 0. The molecule has 98 valence electrons. The van der Waals surface area contributed by atoms with Gasteiger partial charge in [-0.15, -0.1) is 0 Å². The number of anilines is 1. The Morgan fingerprint density at radius 1 is 1.37 bits per heavy atom. The van der Waals surface area contributed by atoms with Crippen molar-refractivity contribution in [3.8, 4) is 0 Å². The zero-order chi connectivity index (χ0) is 13.7. The van der Waals surface area contributed by atoms with Crippen molar-refractivity contribution in [3.05, 3.63) is 58.6 Å². The van der Waals surface area contributed by atoms with Crippen LogP contribution in [0.4, 0.5) is 5.82 Å². The van der Waals surface area contributed by atoms with Crippen LogP contribution in [-0.2, 0) is 4.79 Å². The number of nitrogens with zero attached hydrogens (tertiary/aromatic N) is 1. The molecule has 0 bridgehead atoms.